The van der Waals surface area contributed by atoms with Crippen molar-refractivity contribution in [2.24, 2.45) is 5.84 Å². The number of halogens is 1. The van der Waals surface area contributed by atoms with Gasteiger partial charge in [-0.25, -0.2) is 0 Å². The molecule has 21 heavy (non-hydrogen) atoms. The van der Waals surface area contributed by atoms with Gasteiger partial charge in [0, 0.05) is 10.0 Å². The highest BCUT2D eigenvalue weighted by atomic mass is 79.9. The van der Waals surface area contributed by atoms with E-state index in [9.17, 15) is 4.79 Å². The molecular weight excluding hydrogens is 330 g/mol. The topological polar surface area (TPSA) is 67.2 Å². The van der Waals surface area contributed by atoms with E-state index in [1.807, 2.05) is 44.2 Å². The Kier molecular flexibility index (Phi) is 4.98. The largest absolute Gasteiger partial charge is 0.346 e. The number of hydrogen-bond acceptors (Lipinski definition) is 3. The fraction of sp³-hybridized carbons (Fsp3) is 0.188. The summed E-state index contributed by atoms with van der Waals surface area (Å²) >= 11 is 3.40. The van der Waals surface area contributed by atoms with Crippen molar-refractivity contribution in [3.8, 4) is 0 Å². The van der Waals surface area contributed by atoms with Gasteiger partial charge in [-0.3, -0.25) is 10.6 Å². The van der Waals surface area contributed by atoms with Crippen LogP contribution in [0.15, 0.2) is 46.9 Å². The molecule has 0 saturated heterocycles. The summed E-state index contributed by atoms with van der Waals surface area (Å²) in [5, 5.41) is 2.99. The van der Waals surface area contributed by atoms with Gasteiger partial charge in [-0.1, -0.05) is 28.1 Å². The quantitative estimate of drug-likeness (QED) is 0.585. The minimum Gasteiger partial charge on any atom is -0.346 e. The number of carbonyl (C=O) groups excluding carboxylic acids is 1. The maximum absolute atomic E-state index is 12.3. The molecule has 0 saturated carbocycles. The number of nitrogen functional groups attached to an aromatic ring is 1. The predicted molar refractivity (Wildman–Crippen MR) is 89.0 cm³/mol. The molecule has 4 N–H and O–H groups in total. The number of carbonyl (C=O) groups is 1. The van der Waals surface area contributed by atoms with Crippen molar-refractivity contribution in [2.75, 3.05) is 5.43 Å². The molecule has 2 rings (SSSR count). The molecule has 0 bridgehead atoms. The number of amides is 1. The number of rotatable bonds is 4. The summed E-state index contributed by atoms with van der Waals surface area (Å²) in [5.41, 5.74) is 6.02. The first-order valence-corrected chi connectivity index (χ1v) is 7.44. The van der Waals surface area contributed by atoms with Crippen LogP contribution in [-0.2, 0) is 0 Å². The van der Waals surface area contributed by atoms with E-state index < -0.39 is 0 Å². The third-order valence-electron chi connectivity index (χ3n) is 3.36. The molecule has 5 heteroatoms. The van der Waals surface area contributed by atoms with Crippen LogP contribution in [0.25, 0.3) is 0 Å². The number of hydrogen-bond donors (Lipinski definition) is 3. The average Bonchev–Trinajstić information content (AvgIpc) is 2.47. The van der Waals surface area contributed by atoms with Crippen LogP contribution < -0.4 is 16.6 Å². The van der Waals surface area contributed by atoms with Crippen molar-refractivity contribution in [3.63, 3.8) is 0 Å². The van der Waals surface area contributed by atoms with Gasteiger partial charge in [0.1, 0.15) is 0 Å². The summed E-state index contributed by atoms with van der Waals surface area (Å²) < 4.78 is 1.02. The van der Waals surface area contributed by atoms with Gasteiger partial charge in [0.15, 0.2) is 0 Å². The summed E-state index contributed by atoms with van der Waals surface area (Å²) in [6, 6.07) is 13.2. The molecule has 1 amide bonds. The number of nitrogens with two attached hydrogens (primary N) is 1. The highest BCUT2D eigenvalue weighted by Gasteiger charge is 2.12. The first kappa shape index (κ1) is 15.5. The molecule has 0 aliphatic carbocycles. The molecule has 0 aliphatic heterocycles. The van der Waals surface area contributed by atoms with E-state index in [0.29, 0.717) is 5.56 Å². The Hall–Kier alpha value is -1.85. The van der Waals surface area contributed by atoms with E-state index in [-0.39, 0.29) is 11.9 Å². The van der Waals surface area contributed by atoms with Crippen molar-refractivity contribution in [2.45, 2.75) is 19.9 Å². The molecule has 0 spiro atoms. The fourth-order valence-corrected chi connectivity index (χ4v) is 2.35. The zero-order valence-corrected chi connectivity index (χ0v) is 13.6. The van der Waals surface area contributed by atoms with Crippen LogP contribution in [0.3, 0.4) is 0 Å². The number of anilines is 1. The van der Waals surface area contributed by atoms with E-state index in [0.717, 1.165) is 21.3 Å². The van der Waals surface area contributed by atoms with Crippen LogP contribution in [0, 0.1) is 6.92 Å². The van der Waals surface area contributed by atoms with Gasteiger partial charge in [-0.15, -0.1) is 0 Å². The highest BCUT2D eigenvalue weighted by molar-refractivity contribution is 9.10. The van der Waals surface area contributed by atoms with Crippen LogP contribution in [0.2, 0.25) is 0 Å². The van der Waals surface area contributed by atoms with E-state index in [4.69, 9.17) is 5.84 Å². The third-order valence-corrected chi connectivity index (χ3v) is 3.89. The van der Waals surface area contributed by atoms with E-state index in [1.165, 1.54) is 0 Å². The lowest BCUT2D eigenvalue weighted by Crippen LogP contribution is -2.26. The van der Waals surface area contributed by atoms with Crippen molar-refractivity contribution in [3.05, 3.63) is 63.6 Å². The zero-order chi connectivity index (χ0) is 15.4. The molecule has 0 fully saturated rings. The van der Waals surface area contributed by atoms with Gasteiger partial charge >= 0.3 is 0 Å². The average molecular weight is 348 g/mol. The lowest BCUT2D eigenvalue weighted by atomic mass is 10.1. The van der Waals surface area contributed by atoms with Gasteiger partial charge in [-0.2, -0.15) is 0 Å². The molecule has 2 aromatic carbocycles. The first-order chi connectivity index (χ1) is 10.0. The van der Waals surface area contributed by atoms with Crippen LogP contribution in [-0.4, -0.2) is 5.91 Å². The molecule has 4 nitrogen and oxygen atoms in total. The lowest BCUT2D eigenvalue weighted by molar-refractivity contribution is 0.0940. The van der Waals surface area contributed by atoms with Gasteiger partial charge in [0.25, 0.3) is 5.91 Å². The smallest absolute Gasteiger partial charge is 0.251 e. The lowest BCUT2D eigenvalue weighted by Gasteiger charge is -2.15. The van der Waals surface area contributed by atoms with E-state index >= 15 is 0 Å². The number of hydrazine groups is 1. The standard InChI is InChI=1S/C16H18BrN3O/c1-10-9-13(5-8-15(10)20-18)16(21)19-11(2)12-3-6-14(17)7-4-12/h3-9,11,20H,18H2,1-2H3,(H,19,21). The molecule has 0 aromatic heterocycles. The molecule has 1 unspecified atom stereocenters. The van der Waals surface area contributed by atoms with Crippen molar-refractivity contribution >= 4 is 27.5 Å². The van der Waals surface area contributed by atoms with Crippen molar-refractivity contribution in [1.82, 2.24) is 5.32 Å². The number of aryl methyl sites for hydroxylation is 1. The van der Waals surface area contributed by atoms with Crippen molar-refractivity contribution < 1.29 is 4.79 Å². The molecular formula is C16H18BrN3O. The van der Waals surface area contributed by atoms with Gasteiger partial charge in [0.2, 0.25) is 0 Å². The van der Waals surface area contributed by atoms with Crippen LogP contribution in [0.4, 0.5) is 5.69 Å². The Morgan fingerprint density at radius 3 is 2.43 bits per heavy atom. The molecule has 0 radical (unpaired) electrons. The predicted octanol–water partition coefficient (Wildman–Crippen LogP) is 3.53. The Morgan fingerprint density at radius 1 is 1.19 bits per heavy atom. The second kappa shape index (κ2) is 6.74. The molecule has 1 atom stereocenters. The minimum absolute atomic E-state index is 0.0572. The Bertz CT molecular complexity index is 640. The maximum Gasteiger partial charge on any atom is 0.251 e. The number of benzene rings is 2. The van der Waals surface area contributed by atoms with Gasteiger partial charge < -0.3 is 10.7 Å². The summed E-state index contributed by atoms with van der Waals surface area (Å²) in [5.74, 6) is 5.29. The molecule has 0 aliphatic rings. The normalized spacial score (nSPS) is 11.8. The Labute approximate surface area is 132 Å². The third kappa shape index (κ3) is 3.83. The molecule has 0 heterocycles. The molecule has 2 aromatic rings. The number of nitrogens with one attached hydrogen (secondary N) is 2. The maximum atomic E-state index is 12.3. The SMILES string of the molecule is Cc1cc(C(=O)NC(C)c2ccc(Br)cc2)ccc1NN. The van der Waals surface area contributed by atoms with Crippen molar-refractivity contribution in [1.29, 1.82) is 0 Å². The van der Waals surface area contributed by atoms with Crippen LogP contribution in [0.1, 0.15) is 34.5 Å². The summed E-state index contributed by atoms with van der Waals surface area (Å²) in [7, 11) is 0. The zero-order valence-electron chi connectivity index (χ0n) is 12.0. The second-order valence-electron chi connectivity index (χ2n) is 4.92. The Morgan fingerprint density at radius 2 is 1.86 bits per heavy atom. The molecule has 110 valence electrons. The van der Waals surface area contributed by atoms with Gasteiger partial charge in [-0.05, 0) is 55.3 Å². The Balaban J connectivity index is 2.10. The summed E-state index contributed by atoms with van der Waals surface area (Å²) in [4.78, 5) is 12.3. The fourth-order valence-electron chi connectivity index (χ4n) is 2.08. The van der Waals surface area contributed by atoms with Crippen LogP contribution >= 0.6 is 15.9 Å². The van der Waals surface area contributed by atoms with E-state index in [1.54, 1.807) is 12.1 Å². The second-order valence-corrected chi connectivity index (χ2v) is 5.84. The summed E-state index contributed by atoms with van der Waals surface area (Å²) in [6.07, 6.45) is 0. The van der Waals surface area contributed by atoms with Crippen LogP contribution in [0.5, 0.6) is 0 Å². The summed E-state index contributed by atoms with van der Waals surface area (Å²) in [6.45, 7) is 3.87. The minimum atomic E-state index is -0.0999. The first-order valence-electron chi connectivity index (χ1n) is 6.65. The van der Waals surface area contributed by atoms with Gasteiger partial charge in [0.05, 0.1) is 11.7 Å². The highest BCUT2D eigenvalue weighted by Crippen LogP contribution is 2.18. The monoisotopic (exact) mass is 347 g/mol. The van der Waals surface area contributed by atoms with E-state index in [2.05, 4.69) is 26.7 Å².